The molecule has 1 aliphatic heterocycles. The van der Waals surface area contributed by atoms with Crippen molar-refractivity contribution in [3.8, 4) is 5.75 Å². The molecule has 1 heterocycles. The predicted molar refractivity (Wildman–Crippen MR) is 141 cm³/mol. The van der Waals surface area contributed by atoms with Gasteiger partial charge in [-0.15, -0.1) is 0 Å². The maximum absolute atomic E-state index is 12.7. The SMILES string of the molecule is CC(C)Oc1cccc(C(=O)NC(=S)Nc2cccc(Cl)c2N2CCN(C(=O)C(C)C)CC2)c1. The van der Waals surface area contributed by atoms with Crippen LogP contribution in [0.4, 0.5) is 11.4 Å². The molecule has 2 aromatic rings. The van der Waals surface area contributed by atoms with E-state index in [9.17, 15) is 9.59 Å². The fraction of sp³-hybridized carbons (Fsp3) is 0.400. The van der Waals surface area contributed by atoms with E-state index in [-0.39, 0.29) is 28.9 Å². The summed E-state index contributed by atoms with van der Waals surface area (Å²) in [6.07, 6.45) is 0.00710. The molecular formula is C25H31ClN4O3S. The van der Waals surface area contributed by atoms with E-state index in [1.54, 1.807) is 24.3 Å². The molecule has 3 rings (SSSR count). The number of hydrogen-bond donors (Lipinski definition) is 2. The second-order valence-corrected chi connectivity index (χ2v) is 9.52. The Morgan fingerprint density at radius 3 is 2.35 bits per heavy atom. The minimum atomic E-state index is -0.337. The highest BCUT2D eigenvalue weighted by Crippen LogP contribution is 2.34. The van der Waals surface area contributed by atoms with Gasteiger partial charge >= 0.3 is 0 Å². The van der Waals surface area contributed by atoms with Gasteiger partial charge in [-0.2, -0.15) is 0 Å². The van der Waals surface area contributed by atoms with Gasteiger partial charge < -0.3 is 19.9 Å². The molecule has 0 aliphatic carbocycles. The predicted octanol–water partition coefficient (Wildman–Crippen LogP) is 4.56. The standard InChI is InChI=1S/C25H31ClN4O3S/c1-16(2)24(32)30-13-11-29(12-14-30)22-20(26)9-6-10-21(22)27-25(34)28-23(31)18-7-5-8-19(15-18)33-17(3)4/h5-10,15-17H,11-14H2,1-4H3,(H2,27,28,31,34). The van der Waals surface area contributed by atoms with E-state index in [1.807, 2.05) is 50.8 Å². The van der Waals surface area contributed by atoms with Crippen molar-refractivity contribution in [2.45, 2.75) is 33.8 Å². The van der Waals surface area contributed by atoms with Gasteiger partial charge in [-0.05, 0) is 56.4 Å². The van der Waals surface area contributed by atoms with E-state index < -0.39 is 0 Å². The number of anilines is 2. The lowest BCUT2D eigenvalue weighted by Crippen LogP contribution is -2.50. The smallest absolute Gasteiger partial charge is 0.257 e. The number of amides is 2. The summed E-state index contributed by atoms with van der Waals surface area (Å²) in [7, 11) is 0. The van der Waals surface area contributed by atoms with E-state index in [0.29, 0.717) is 48.2 Å². The molecular weight excluding hydrogens is 472 g/mol. The summed E-state index contributed by atoms with van der Waals surface area (Å²) >= 11 is 12.0. The highest BCUT2D eigenvalue weighted by molar-refractivity contribution is 7.80. The van der Waals surface area contributed by atoms with Crippen LogP contribution in [0.2, 0.25) is 5.02 Å². The third kappa shape index (κ3) is 6.61. The van der Waals surface area contributed by atoms with Gasteiger partial charge in [0.15, 0.2) is 5.11 Å². The minimum Gasteiger partial charge on any atom is -0.491 e. The normalized spacial score (nSPS) is 13.7. The molecule has 1 saturated heterocycles. The quantitative estimate of drug-likeness (QED) is 0.564. The fourth-order valence-electron chi connectivity index (χ4n) is 3.76. The maximum atomic E-state index is 12.7. The summed E-state index contributed by atoms with van der Waals surface area (Å²) in [4.78, 5) is 29.1. The molecule has 2 amide bonds. The van der Waals surface area contributed by atoms with Crippen LogP contribution < -0.4 is 20.3 Å². The Balaban J connectivity index is 1.67. The molecule has 7 nitrogen and oxygen atoms in total. The number of para-hydroxylation sites is 1. The molecule has 0 spiro atoms. The molecule has 1 fully saturated rings. The molecule has 0 unspecified atom stereocenters. The Bertz CT molecular complexity index is 1050. The molecule has 0 bridgehead atoms. The number of carbonyl (C=O) groups is 2. The Morgan fingerprint density at radius 2 is 1.71 bits per heavy atom. The van der Waals surface area contributed by atoms with Crippen molar-refractivity contribution in [3.05, 3.63) is 53.1 Å². The lowest BCUT2D eigenvalue weighted by atomic mass is 10.1. The van der Waals surface area contributed by atoms with Gasteiger partial charge in [0.05, 0.1) is 22.5 Å². The first kappa shape index (κ1) is 25.8. The molecule has 34 heavy (non-hydrogen) atoms. The summed E-state index contributed by atoms with van der Waals surface area (Å²) < 4.78 is 5.66. The number of halogens is 1. The highest BCUT2D eigenvalue weighted by Gasteiger charge is 2.25. The zero-order chi connectivity index (χ0) is 24.8. The number of nitrogens with zero attached hydrogens (tertiary/aromatic N) is 2. The van der Waals surface area contributed by atoms with Crippen molar-refractivity contribution in [1.82, 2.24) is 10.2 Å². The number of thiocarbonyl (C=S) groups is 1. The van der Waals surface area contributed by atoms with Crippen LogP contribution in [0.3, 0.4) is 0 Å². The molecule has 0 saturated carbocycles. The minimum absolute atomic E-state index is 0.00710. The van der Waals surface area contributed by atoms with E-state index in [0.717, 1.165) is 5.69 Å². The Morgan fingerprint density at radius 1 is 1.03 bits per heavy atom. The Hall–Kier alpha value is -2.84. The largest absolute Gasteiger partial charge is 0.491 e. The van der Waals surface area contributed by atoms with Crippen LogP contribution in [-0.4, -0.2) is 54.1 Å². The van der Waals surface area contributed by atoms with Crippen molar-refractivity contribution < 1.29 is 14.3 Å². The van der Waals surface area contributed by atoms with Gasteiger partial charge in [-0.3, -0.25) is 14.9 Å². The van der Waals surface area contributed by atoms with Gasteiger partial charge in [-0.1, -0.05) is 37.6 Å². The van der Waals surface area contributed by atoms with Gasteiger partial charge in [0.1, 0.15) is 5.75 Å². The number of nitrogens with one attached hydrogen (secondary N) is 2. The van der Waals surface area contributed by atoms with E-state index in [2.05, 4.69) is 15.5 Å². The lowest BCUT2D eigenvalue weighted by Gasteiger charge is -2.38. The van der Waals surface area contributed by atoms with Crippen LogP contribution in [0.5, 0.6) is 5.75 Å². The van der Waals surface area contributed by atoms with Crippen LogP contribution in [0.15, 0.2) is 42.5 Å². The van der Waals surface area contributed by atoms with Crippen LogP contribution in [0.25, 0.3) is 0 Å². The first-order chi connectivity index (χ1) is 16.2. The van der Waals surface area contributed by atoms with Gasteiger partial charge in [0, 0.05) is 37.7 Å². The Kier molecular flexibility index (Phi) is 8.74. The third-order valence-corrected chi connectivity index (χ3v) is 5.84. The molecule has 2 aromatic carbocycles. The molecule has 0 aromatic heterocycles. The summed E-state index contributed by atoms with van der Waals surface area (Å²) in [5.74, 6) is 0.413. The van der Waals surface area contributed by atoms with Crippen molar-refractivity contribution in [2.75, 3.05) is 36.4 Å². The first-order valence-corrected chi connectivity index (χ1v) is 12.2. The second-order valence-electron chi connectivity index (χ2n) is 8.71. The van der Waals surface area contributed by atoms with Gasteiger partial charge in [0.2, 0.25) is 5.91 Å². The number of carbonyl (C=O) groups excluding carboxylic acids is 2. The van der Waals surface area contributed by atoms with E-state index in [1.165, 1.54) is 0 Å². The van der Waals surface area contributed by atoms with Gasteiger partial charge in [0.25, 0.3) is 5.91 Å². The number of rotatable bonds is 6. The number of piperazine rings is 1. The summed E-state index contributed by atoms with van der Waals surface area (Å²) in [5.41, 5.74) is 1.93. The monoisotopic (exact) mass is 502 g/mol. The molecule has 2 N–H and O–H groups in total. The number of benzene rings is 2. The zero-order valence-electron chi connectivity index (χ0n) is 19.9. The zero-order valence-corrected chi connectivity index (χ0v) is 21.5. The van der Waals surface area contributed by atoms with Gasteiger partial charge in [-0.25, -0.2) is 0 Å². The Labute approximate surface area is 211 Å². The average Bonchev–Trinajstić information content (AvgIpc) is 2.78. The molecule has 182 valence electrons. The highest BCUT2D eigenvalue weighted by atomic mass is 35.5. The maximum Gasteiger partial charge on any atom is 0.257 e. The lowest BCUT2D eigenvalue weighted by molar-refractivity contribution is -0.134. The molecule has 0 atom stereocenters. The fourth-order valence-corrected chi connectivity index (χ4v) is 4.26. The van der Waals surface area contributed by atoms with E-state index in [4.69, 9.17) is 28.6 Å². The third-order valence-electron chi connectivity index (χ3n) is 5.33. The van der Waals surface area contributed by atoms with Crippen LogP contribution in [0, 0.1) is 5.92 Å². The molecule has 1 aliphatic rings. The van der Waals surface area contributed by atoms with E-state index >= 15 is 0 Å². The first-order valence-electron chi connectivity index (χ1n) is 11.4. The van der Waals surface area contributed by atoms with Crippen molar-refractivity contribution in [1.29, 1.82) is 0 Å². The van der Waals surface area contributed by atoms with Crippen molar-refractivity contribution in [3.63, 3.8) is 0 Å². The second kappa shape index (κ2) is 11.5. The summed E-state index contributed by atoms with van der Waals surface area (Å²) in [5, 5.41) is 6.57. The van der Waals surface area contributed by atoms with Crippen molar-refractivity contribution >= 4 is 52.1 Å². The van der Waals surface area contributed by atoms with Crippen LogP contribution in [-0.2, 0) is 4.79 Å². The summed E-state index contributed by atoms with van der Waals surface area (Å²) in [6.45, 7) is 10.2. The number of ether oxygens (including phenoxy) is 1. The number of hydrogen-bond acceptors (Lipinski definition) is 5. The van der Waals surface area contributed by atoms with Crippen LogP contribution >= 0.6 is 23.8 Å². The average molecular weight is 503 g/mol. The van der Waals surface area contributed by atoms with Crippen LogP contribution in [0.1, 0.15) is 38.1 Å². The topological polar surface area (TPSA) is 73.9 Å². The molecule has 0 radical (unpaired) electrons. The summed E-state index contributed by atoms with van der Waals surface area (Å²) in [6, 6.07) is 12.5. The molecule has 9 heteroatoms. The van der Waals surface area contributed by atoms with Crippen molar-refractivity contribution in [2.24, 2.45) is 5.92 Å².